The molecular weight excluding hydrogens is 295 g/mol. The van der Waals surface area contributed by atoms with Gasteiger partial charge in [-0.1, -0.05) is 23.9 Å². The predicted molar refractivity (Wildman–Crippen MR) is 77.9 cm³/mol. The summed E-state index contributed by atoms with van der Waals surface area (Å²) >= 11 is 1.20. The number of rotatable bonds is 7. The molecule has 21 heavy (non-hydrogen) atoms. The lowest BCUT2D eigenvalue weighted by atomic mass is 10.3. The fourth-order valence-electron chi connectivity index (χ4n) is 1.78. The number of benzene rings is 1. The van der Waals surface area contributed by atoms with Crippen LogP contribution in [0.5, 0.6) is 0 Å². The second-order valence-corrected chi connectivity index (χ2v) is 5.36. The maximum Gasteiger partial charge on any atom is 0.196 e. The molecular formula is C13H17FN4O2S. The normalized spacial score (nSPS) is 12.6. The zero-order valence-electron chi connectivity index (χ0n) is 11.3. The first-order chi connectivity index (χ1) is 10.2. The molecule has 2 aromatic rings. The Kier molecular flexibility index (Phi) is 5.68. The number of nitrogens with two attached hydrogens (primary N) is 1. The summed E-state index contributed by atoms with van der Waals surface area (Å²) in [6, 6.07) is 6.32. The van der Waals surface area contributed by atoms with Gasteiger partial charge in [0.1, 0.15) is 11.6 Å². The Hall–Kier alpha value is -1.48. The molecule has 0 amide bonds. The summed E-state index contributed by atoms with van der Waals surface area (Å²) in [4.78, 5) is 0. The number of hydrogen-bond acceptors (Lipinski definition) is 6. The van der Waals surface area contributed by atoms with Crippen molar-refractivity contribution < 1.29 is 14.6 Å². The number of aliphatic hydroxyl groups excluding tert-OH is 2. The molecule has 8 heteroatoms. The van der Waals surface area contributed by atoms with E-state index >= 15 is 0 Å². The van der Waals surface area contributed by atoms with E-state index in [1.54, 1.807) is 22.8 Å². The average molecular weight is 312 g/mol. The Morgan fingerprint density at radius 1 is 1.33 bits per heavy atom. The summed E-state index contributed by atoms with van der Waals surface area (Å²) in [7, 11) is 0. The molecule has 0 saturated carbocycles. The molecule has 1 atom stereocenters. The smallest absolute Gasteiger partial charge is 0.196 e. The van der Waals surface area contributed by atoms with E-state index in [-0.39, 0.29) is 18.2 Å². The molecule has 6 nitrogen and oxygen atoms in total. The third kappa shape index (κ3) is 3.79. The highest BCUT2D eigenvalue weighted by atomic mass is 32.2. The van der Waals surface area contributed by atoms with Gasteiger partial charge in [0.05, 0.1) is 18.4 Å². The number of nitrogens with zero attached hydrogens (tertiary/aromatic N) is 3. The minimum Gasteiger partial charge on any atom is -0.394 e. The first-order valence-corrected chi connectivity index (χ1v) is 7.47. The van der Waals surface area contributed by atoms with E-state index < -0.39 is 6.10 Å². The van der Waals surface area contributed by atoms with Crippen molar-refractivity contribution in [1.29, 1.82) is 0 Å². The van der Waals surface area contributed by atoms with E-state index in [0.29, 0.717) is 29.6 Å². The summed E-state index contributed by atoms with van der Waals surface area (Å²) in [5.74, 6) is 0.412. The molecule has 0 fully saturated rings. The molecule has 114 valence electrons. The van der Waals surface area contributed by atoms with Crippen LogP contribution in [-0.2, 0) is 6.42 Å². The maximum absolute atomic E-state index is 14.0. The van der Waals surface area contributed by atoms with Gasteiger partial charge < -0.3 is 15.9 Å². The van der Waals surface area contributed by atoms with Crippen LogP contribution in [0, 0.1) is 5.82 Å². The number of hydrogen-bond donors (Lipinski definition) is 3. The Labute approximate surface area is 125 Å². The largest absolute Gasteiger partial charge is 0.394 e. The van der Waals surface area contributed by atoms with Gasteiger partial charge in [-0.25, -0.2) is 4.39 Å². The van der Waals surface area contributed by atoms with E-state index in [2.05, 4.69) is 10.2 Å². The standard InChI is InChI=1S/C13H17FN4O2S/c14-10-3-1-2-4-11(10)18-12(5-6-15)16-17-13(18)21-8-9(20)7-19/h1-4,9,19-20H,5-8,15H2/t9-/m0/s1. The van der Waals surface area contributed by atoms with Crippen LogP contribution in [0.1, 0.15) is 5.82 Å². The van der Waals surface area contributed by atoms with Crippen LogP contribution in [-0.4, -0.2) is 50.0 Å². The second-order valence-electron chi connectivity index (χ2n) is 4.37. The first-order valence-electron chi connectivity index (χ1n) is 6.48. The number of aliphatic hydroxyl groups is 2. The number of aromatic nitrogens is 3. The van der Waals surface area contributed by atoms with E-state index in [0.717, 1.165) is 0 Å². The SMILES string of the molecule is NCCc1nnc(SC[C@@H](O)CO)n1-c1ccccc1F. The molecule has 0 aliphatic heterocycles. The summed E-state index contributed by atoms with van der Waals surface area (Å²) in [5.41, 5.74) is 5.88. The van der Waals surface area contributed by atoms with Gasteiger partial charge in [-0.3, -0.25) is 4.57 Å². The van der Waals surface area contributed by atoms with Crippen molar-refractivity contribution >= 4 is 11.8 Å². The zero-order chi connectivity index (χ0) is 15.2. The second kappa shape index (κ2) is 7.51. The monoisotopic (exact) mass is 312 g/mol. The molecule has 0 radical (unpaired) electrons. The summed E-state index contributed by atoms with van der Waals surface area (Å²) < 4.78 is 15.6. The minimum absolute atomic E-state index is 0.242. The molecule has 0 unspecified atom stereocenters. The van der Waals surface area contributed by atoms with Crippen LogP contribution in [0.25, 0.3) is 5.69 Å². The average Bonchev–Trinajstić information content (AvgIpc) is 2.88. The van der Waals surface area contributed by atoms with Gasteiger partial charge in [0.2, 0.25) is 0 Å². The van der Waals surface area contributed by atoms with Crippen molar-refractivity contribution in [3.05, 3.63) is 35.9 Å². The molecule has 1 aromatic heterocycles. The summed E-state index contributed by atoms with van der Waals surface area (Å²) in [6.45, 7) is 0.0347. The molecule has 0 aliphatic rings. The highest BCUT2D eigenvalue weighted by Gasteiger charge is 2.17. The summed E-state index contributed by atoms with van der Waals surface area (Å²) in [6.07, 6.45) is -0.400. The number of para-hydroxylation sites is 1. The third-order valence-corrected chi connectivity index (χ3v) is 3.85. The minimum atomic E-state index is -0.862. The highest BCUT2D eigenvalue weighted by Crippen LogP contribution is 2.24. The van der Waals surface area contributed by atoms with Crippen LogP contribution >= 0.6 is 11.8 Å². The highest BCUT2D eigenvalue weighted by molar-refractivity contribution is 7.99. The fourth-order valence-corrected chi connectivity index (χ4v) is 2.66. The van der Waals surface area contributed by atoms with E-state index in [1.807, 2.05) is 0 Å². The Bertz CT molecular complexity index is 593. The lowest BCUT2D eigenvalue weighted by molar-refractivity contribution is 0.113. The van der Waals surface area contributed by atoms with Crippen molar-refractivity contribution in [3.63, 3.8) is 0 Å². The molecule has 0 spiro atoms. The molecule has 0 saturated heterocycles. The quantitative estimate of drug-likeness (QED) is 0.639. The number of thioether (sulfide) groups is 1. The lowest BCUT2D eigenvalue weighted by Crippen LogP contribution is -2.15. The predicted octanol–water partition coefficient (Wildman–Crippen LogP) is 0.353. The first kappa shape index (κ1) is 15.9. The van der Waals surface area contributed by atoms with Gasteiger partial charge in [-0.15, -0.1) is 10.2 Å². The van der Waals surface area contributed by atoms with E-state index in [4.69, 9.17) is 10.8 Å². The van der Waals surface area contributed by atoms with Gasteiger partial charge in [0.15, 0.2) is 5.16 Å². The van der Waals surface area contributed by atoms with Crippen LogP contribution in [0.3, 0.4) is 0 Å². The zero-order valence-corrected chi connectivity index (χ0v) is 12.1. The lowest BCUT2D eigenvalue weighted by Gasteiger charge is -2.11. The van der Waals surface area contributed by atoms with Gasteiger partial charge in [-0.2, -0.15) is 0 Å². The molecule has 4 N–H and O–H groups in total. The van der Waals surface area contributed by atoms with Crippen LogP contribution in [0.15, 0.2) is 29.4 Å². The van der Waals surface area contributed by atoms with Gasteiger partial charge in [0.25, 0.3) is 0 Å². The van der Waals surface area contributed by atoms with Crippen molar-refractivity contribution in [3.8, 4) is 5.69 Å². The molecule has 0 bridgehead atoms. The topological polar surface area (TPSA) is 97.2 Å². The van der Waals surface area contributed by atoms with Crippen molar-refractivity contribution in [2.45, 2.75) is 17.7 Å². The van der Waals surface area contributed by atoms with Crippen molar-refractivity contribution in [2.75, 3.05) is 18.9 Å². The third-order valence-electron chi connectivity index (χ3n) is 2.78. The Balaban J connectivity index is 2.36. The van der Waals surface area contributed by atoms with Crippen molar-refractivity contribution in [2.24, 2.45) is 5.73 Å². The Morgan fingerprint density at radius 3 is 2.76 bits per heavy atom. The van der Waals surface area contributed by atoms with Crippen LogP contribution in [0.4, 0.5) is 4.39 Å². The maximum atomic E-state index is 14.0. The van der Waals surface area contributed by atoms with Gasteiger partial charge >= 0.3 is 0 Å². The van der Waals surface area contributed by atoms with Crippen LogP contribution in [0.2, 0.25) is 0 Å². The molecule has 1 aromatic carbocycles. The van der Waals surface area contributed by atoms with Crippen LogP contribution < -0.4 is 5.73 Å². The summed E-state index contributed by atoms with van der Waals surface area (Å²) in [5, 5.41) is 26.8. The molecule has 1 heterocycles. The van der Waals surface area contributed by atoms with E-state index in [9.17, 15) is 9.50 Å². The van der Waals surface area contributed by atoms with Gasteiger partial charge in [0, 0.05) is 12.2 Å². The fraction of sp³-hybridized carbons (Fsp3) is 0.385. The molecule has 0 aliphatic carbocycles. The van der Waals surface area contributed by atoms with Crippen molar-refractivity contribution in [1.82, 2.24) is 14.8 Å². The molecule has 2 rings (SSSR count). The Morgan fingerprint density at radius 2 is 2.10 bits per heavy atom. The number of halogens is 1. The van der Waals surface area contributed by atoms with Gasteiger partial charge in [-0.05, 0) is 18.7 Å². The van der Waals surface area contributed by atoms with E-state index in [1.165, 1.54) is 17.8 Å².